The molecule has 2 N–H and O–H groups in total. The highest BCUT2D eigenvalue weighted by atomic mass is 35.5. The van der Waals surface area contributed by atoms with Gasteiger partial charge in [-0.1, -0.05) is 22.8 Å². The third kappa shape index (κ3) is 5.32. The molecule has 0 radical (unpaired) electrons. The normalized spacial score (nSPS) is 14.7. The lowest BCUT2D eigenvalue weighted by atomic mass is 10.1. The van der Waals surface area contributed by atoms with Crippen LogP contribution in [0.4, 0.5) is 36.2 Å². The van der Waals surface area contributed by atoms with Crippen LogP contribution >= 0.6 is 11.6 Å². The quantitative estimate of drug-likeness (QED) is 0.345. The molecule has 1 amide bonds. The standard InChI is InChI=1S/C25H22ClF3N6O2/c1-34-9-11-35(12-10-34)20-8-5-17(14-30-20)32-24(36)21-19(26)7-6-18-22(21)37-33-23(18)31-16-4-2-3-15(13-16)25(27,28)29/h2-8,13-14H,9-12H2,1H3,(H,31,33)(H,32,36). The highest BCUT2D eigenvalue weighted by Gasteiger charge is 2.30. The monoisotopic (exact) mass is 530 g/mol. The summed E-state index contributed by atoms with van der Waals surface area (Å²) in [5, 5.41) is 10.0. The number of benzene rings is 2. The third-order valence-corrected chi connectivity index (χ3v) is 6.42. The second kappa shape index (κ2) is 9.91. The zero-order valence-electron chi connectivity index (χ0n) is 19.6. The molecule has 0 bridgehead atoms. The Morgan fingerprint density at radius 1 is 1.05 bits per heavy atom. The molecule has 2 aromatic carbocycles. The van der Waals surface area contributed by atoms with E-state index in [4.69, 9.17) is 16.1 Å². The Labute approximate surface area is 215 Å². The lowest BCUT2D eigenvalue weighted by Crippen LogP contribution is -2.44. The topological polar surface area (TPSA) is 86.5 Å². The molecule has 0 atom stereocenters. The van der Waals surface area contributed by atoms with Crippen LogP contribution in [-0.2, 0) is 6.18 Å². The molecule has 0 saturated carbocycles. The number of carbonyl (C=O) groups is 1. The highest BCUT2D eigenvalue weighted by molar-refractivity contribution is 6.36. The van der Waals surface area contributed by atoms with Crippen molar-refractivity contribution in [3.63, 3.8) is 0 Å². The summed E-state index contributed by atoms with van der Waals surface area (Å²) in [5.41, 5.74) is -0.0238. The van der Waals surface area contributed by atoms with Crippen molar-refractivity contribution in [1.29, 1.82) is 0 Å². The van der Waals surface area contributed by atoms with Gasteiger partial charge in [0.15, 0.2) is 11.4 Å². The number of hydrogen-bond donors (Lipinski definition) is 2. The summed E-state index contributed by atoms with van der Waals surface area (Å²) < 4.78 is 44.6. The van der Waals surface area contributed by atoms with E-state index in [-0.39, 0.29) is 27.7 Å². The number of amides is 1. The fourth-order valence-electron chi connectivity index (χ4n) is 4.07. The summed E-state index contributed by atoms with van der Waals surface area (Å²) >= 11 is 6.32. The van der Waals surface area contributed by atoms with Gasteiger partial charge in [0.05, 0.1) is 27.9 Å². The van der Waals surface area contributed by atoms with E-state index >= 15 is 0 Å². The molecular weight excluding hydrogens is 509 g/mol. The van der Waals surface area contributed by atoms with Gasteiger partial charge in [-0.05, 0) is 49.5 Å². The lowest BCUT2D eigenvalue weighted by Gasteiger charge is -2.33. The molecule has 192 valence electrons. The zero-order chi connectivity index (χ0) is 26.2. The molecule has 3 heterocycles. The molecule has 1 fully saturated rings. The summed E-state index contributed by atoms with van der Waals surface area (Å²) in [4.78, 5) is 22.0. The van der Waals surface area contributed by atoms with Gasteiger partial charge in [-0.3, -0.25) is 4.79 Å². The first kappa shape index (κ1) is 24.8. The van der Waals surface area contributed by atoms with Crippen LogP contribution in [0.15, 0.2) is 59.3 Å². The number of anilines is 4. The first-order valence-corrected chi connectivity index (χ1v) is 11.8. The van der Waals surface area contributed by atoms with Crippen molar-refractivity contribution >= 4 is 51.5 Å². The van der Waals surface area contributed by atoms with Crippen LogP contribution in [0.2, 0.25) is 5.02 Å². The van der Waals surface area contributed by atoms with Gasteiger partial charge in [-0.15, -0.1) is 0 Å². The summed E-state index contributed by atoms with van der Waals surface area (Å²) in [6.07, 6.45) is -2.92. The number of carbonyl (C=O) groups excluding carboxylic acids is 1. The predicted molar refractivity (Wildman–Crippen MR) is 136 cm³/mol. The Balaban J connectivity index is 1.35. The molecule has 0 spiro atoms. The molecule has 2 aromatic heterocycles. The van der Waals surface area contributed by atoms with E-state index in [0.717, 1.165) is 44.1 Å². The van der Waals surface area contributed by atoms with Crippen LogP contribution in [0.25, 0.3) is 11.0 Å². The number of aromatic nitrogens is 2. The highest BCUT2D eigenvalue weighted by Crippen LogP contribution is 2.35. The fraction of sp³-hybridized carbons (Fsp3) is 0.240. The molecule has 0 unspecified atom stereocenters. The first-order chi connectivity index (χ1) is 17.7. The van der Waals surface area contributed by atoms with Crippen LogP contribution in [0.5, 0.6) is 0 Å². The van der Waals surface area contributed by atoms with E-state index < -0.39 is 17.6 Å². The van der Waals surface area contributed by atoms with Crippen molar-refractivity contribution in [3.05, 3.63) is 70.9 Å². The second-order valence-corrected chi connectivity index (χ2v) is 9.09. The molecule has 1 saturated heterocycles. The maximum Gasteiger partial charge on any atom is 0.416 e. The van der Waals surface area contributed by atoms with E-state index in [2.05, 4.69) is 37.6 Å². The van der Waals surface area contributed by atoms with Gasteiger partial charge in [-0.2, -0.15) is 13.2 Å². The fourth-order valence-corrected chi connectivity index (χ4v) is 4.30. The van der Waals surface area contributed by atoms with Crippen molar-refractivity contribution < 1.29 is 22.5 Å². The summed E-state index contributed by atoms with van der Waals surface area (Å²) in [7, 11) is 2.08. The third-order valence-electron chi connectivity index (χ3n) is 6.10. The molecule has 0 aliphatic carbocycles. The van der Waals surface area contributed by atoms with Gasteiger partial charge < -0.3 is 25.0 Å². The van der Waals surface area contributed by atoms with Gasteiger partial charge in [-0.25, -0.2) is 4.98 Å². The Hall–Kier alpha value is -3.83. The van der Waals surface area contributed by atoms with Crippen LogP contribution in [0.1, 0.15) is 15.9 Å². The van der Waals surface area contributed by atoms with Crippen LogP contribution in [0.3, 0.4) is 0 Å². The minimum absolute atomic E-state index is 0.0481. The number of nitrogens with zero attached hydrogens (tertiary/aromatic N) is 4. The number of nitrogens with one attached hydrogen (secondary N) is 2. The lowest BCUT2D eigenvalue weighted by molar-refractivity contribution is -0.137. The van der Waals surface area contributed by atoms with Crippen LogP contribution < -0.4 is 15.5 Å². The zero-order valence-corrected chi connectivity index (χ0v) is 20.4. The molecule has 1 aliphatic rings. The minimum Gasteiger partial charge on any atom is -0.354 e. The number of alkyl halides is 3. The van der Waals surface area contributed by atoms with Crippen LogP contribution in [0, 0.1) is 0 Å². The van der Waals surface area contributed by atoms with E-state index in [1.165, 1.54) is 18.2 Å². The Kier molecular flexibility index (Phi) is 6.65. The molecule has 37 heavy (non-hydrogen) atoms. The van der Waals surface area contributed by atoms with E-state index in [0.29, 0.717) is 11.1 Å². The predicted octanol–water partition coefficient (Wildman–Crippen LogP) is 5.64. The van der Waals surface area contributed by atoms with Gasteiger partial charge in [0.2, 0.25) is 0 Å². The number of rotatable bonds is 5. The molecule has 8 nitrogen and oxygen atoms in total. The Morgan fingerprint density at radius 2 is 1.84 bits per heavy atom. The minimum atomic E-state index is -4.49. The van der Waals surface area contributed by atoms with E-state index in [9.17, 15) is 18.0 Å². The van der Waals surface area contributed by atoms with Crippen molar-refractivity contribution in [2.24, 2.45) is 0 Å². The number of fused-ring (bicyclic) bond motifs is 1. The molecule has 5 rings (SSSR count). The number of pyridine rings is 1. The van der Waals surface area contributed by atoms with E-state index in [1.54, 1.807) is 18.3 Å². The average molecular weight is 531 g/mol. The number of halogens is 4. The van der Waals surface area contributed by atoms with Crippen molar-refractivity contribution in [2.45, 2.75) is 6.18 Å². The van der Waals surface area contributed by atoms with Crippen molar-refractivity contribution in [2.75, 3.05) is 48.8 Å². The number of hydrogen-bond acceptors (Lipinski definition) is 7. The SMILES string of the molecule is CN1CCN(c2ccc(NC(=O)c3c(Cl)ccc4c(Nc5cccc(C(F)(F)F)c5)noc34)cn2)CC1. The maximum absolute atomic E-state index is 13.1. The van der Waals surface area contributed by atoms with Gasteiger partial charge in [0.25, 0.3) is 5.91 Å². The summed E-state index contributed by atoms with van der Waals surface area (Å²) in [5.74, 6) is 0.441. The number of likely N-dealkylation sites (N-methyl/N-ethyl adjacent to an activating group) is 1. The molecule has 4 aromatic rings. The van der Waals surface area contributed by atoms with Gasteiger partial charge in [0.1, 0.15) is 11.4 Å². The second-order valence-electron chi connectivity index (χ2n) is 8.68. The largest absolute Gasteiger partial charge is 0.416 e. The number of piperazine rings is 1. The van der Waals surface area contributed by atoms with Crippen molar-refractivity contribution in [3.8, 4) is 0 Å². The summed E-state index contributed by atoms with van der Waals surface area (Å²) in [6.45, 7) is 3.64. The van der Waals surface area contributed by atoms with E-state index in [1.807, 2.05) is 6.07 Å². The molecule has 12 heteroatoms. The molecular formula is C25H22ClF3N6O2. The Bertz CT molecular complexity index is 1430. The maximum atomic E-state index is 13.1. The van der Waals surface area contributed by atoms with Gasteiger partial charge >= 0.3 is 6.18 Å². The summed E-state index contributed by atoms with van der Waals surface area (Å²) in [6, 6.07) is 11.4. The van der Waals surface area contributed by atoms with Crippen LogP contribution in [-0.4, -0.2) is 54.2 Å². The average Bonchev–Trinajstić information content (AvgIpc) is 3.27. The smallest absolute Gasteiger partial charge is 0.354 e. The molecule has 1 aliphatic heterocycles. The van der Waals surface area contributed by atoms with Gasteiger partial charge in [0, 0.05) is 31.9 Å². The Morgan fingerprint density at radius 3 is 2.54 bits per heavy atom. The first-order valence-electron chi connectivity index (χ1n) is 11.4. The van der Waals surface area contributed by atoms with Crippen molar-refractivity contribution in [1.82, 2.24) is 15.0 Å².